The Morgan fingerprint density at radius 3 is 2.40 bits per heavy atom. The average molecular weight is 544 g/mol. The van der Waals surface area contributed by atoms with Crippen LogP contribution < -0.4 is 15.0 Å². The van der Waals surface area contributed by atoms with Crippen LogP contribution in [0.2, 0.25) is 0 Å². The summed E-state index contributed by atoms with van der Waals surface area (Å²) in [6.45, 7) is 4.18. The number of nitrogens with one attached hydrogen (secondary N) is 1. The van der Waals surface area contributed by atoms with E-state index in [0.29, 0.717) is 23.2 Å². The zero-order valence-corrected chi connectivity index (χ0v) is 23.1. The van der Waals surface area contributed by atoms with Crippen molar-refractivity contribution in [1.29, 1.82) is 5.26 Å². The Morgan fingerprint density at radius 2 is 1.65 bits per heavy atom. The molecule has 1 aliphatic rings. The van der Waals surface area contributed by atoms with Crippen molar-refractivity contribution in [1.82, 2.24) is 9.97 Å². The molecule has 3 heterocycles. The molecule has 1 fully saturated rings. The Bertz CT molecular complexity index is 1640. The Kier molecular flexibility index (Phi) is 7.43. The number of ether oxygens (including phenoxy) is 1. The van der Waals surface area contributed by atoms with Gasteiger partial charge in [-0.3, -0.25) is 0 Å². The van der Waals surface area contributed by atoms with Crippen LogP contribution in [0.5, 0.6) is 11.5 Å². The number of thiophene rings is 1. The lowest BCUT2D eigenvalue weighted by atomic mass is 9.97. The molecule has 1 saturated heterocycles. The van der Waals surface area contributed by atoms with E-state index in [1.54, 1.807) is 17.5 Å². The molecule has 3 aromatic carbocycles. The number of hydrogen-bond donors (Lipinski definition) is 1. The summed E-state index contributed by atoms with van der Waals surface area (Å²) in [5.41, 5.74) is 4.17. The largest absolute Gasteiger partial charge is 0.457 e. The average Bonchev–Trinajstić information content (AvgIpc) is 3.39. The van der Waals surface area contributed by atoms with Gasteiger partial charge in [0.25, 0.3) is 0 Å². The minimum Gasteiger partial charge on any atom is -0.457 e. The van der Waals surface area contributed by atoms with E-state index < -0.39 is 0 Å². The molecule has 0 amide bonds. The second kappa shape index (κ2) is 11.6. The van der Waals surface area contributed by atoms with Gasteiger partial charge in [0.15, 0.2) is 0 Å². The first kappa shape index (κ1) is 25.6. The standard InChI is InChI=1S/C33H29N5OS/c1-23-16-19-38(20-17-23)32-28(22-34)30(24-9-8-14-27(21-24)39-26-12-6-3-7-13-26)31(40-32)29-15-18-35-33(37-29)36-25-10-4-2-5-11-25/h2-15,18,21,23H,16-17,19-20H2,1H3,(H,35,36,37). The van der Waals surface area contributed by atoms with Crippen molar-refractivity contribution in [3.8, 4) is 39.3 Å². The molecule has 0 radical (unpaired) electrons. The molecule has 0 aliphatic carbocycles. The smallest absolute Gasteiger partial charge is 0.227 e. The fraction of sp³-hybridized carbons (Fsp3) is 0.182. The second-order valence-corrected chi connectivity index (χ2v) is 11.0. The molecule has 198 valence electrons. The first-order chi connectivity index (χ1) is 19.7. The van der Waals surface area contributed by atoms with E-state index in [9.17, 15) is 5.26 Å². The van der Waals surface area contributed by atoms with Crippen LogP contribution in [0.25, 0.3) is 21.7 Å². The van der Waals surface area contributed by atoms with E-state index in [0.717, 1.165) is 64.1 Å². The molecular formula is C33H29N5OS. The molecule has 5 aromatic rings. The number of hydrogen-bond acceptors (Lipinski definition) is 7. The molecule has 0 atom stereocenters. The fourth-order valence-corrected chi connectivity index (χ4v) is 6.24. The summed E-state index contributed by atoms with van der Waals surface area (Å²) in [4.78, 5) is 12.7. The van der Waals surface area contributed by atoms with Crippen molar-refractivity contribution >= 4 is 28.0 Å². The molecule has 0 spiro atoms. The summed E-state index contributed by atoms with van der Waals surface area (Å²) in [5.74, 6) is 2.69. The third kappa shape index (κ3) is 5.54. The summed E-state index contributed by atoms with van der Waals surface area (Å²) in [5, 5.41) is 14.8. The molecule has 1 aliphatic heterocycles. The third-order valence-electron chi connectivity index (χ3n) is 7.09. The van der Waals surface area contributed by atoms with Crippen molar-refractivity contribution < 1.29 is 4.74 Å². The lowest BCUT2D eigenvalue weighted by Crippen LogP contribution is -2.32. The van der Waals surface area contributed by atoms with Crippen LogP contribution in [0.4, 0.5) is 16.6 Å². The first-order valence-electron chi connectivity index (χ1n) is 13.5. The Balaban J connectivity index is 1.45. The van der Waals surface area contributed by atoms with E-state index in [4.69, 9.17) is 9.72 Å². The van der Waals surface area contributed by atoms with Crippen LogP contribution in [0.1, 0.15) is 25.3 Å². The number of nitrogens with zero attached hydrogens (tertiary/aromatic N) is 4. The Morgan fingerprint density at radius 1 is 0.925 bits per heavy atom. The number of rotatable bonds is 7. The first-order valence-corrected chi connectivity index (χ1v) is 14.3. The zero-order chi connectivity index (χ0) is 27.3. The van der Waals surface area contributed by atoms with E-state index in [1.165, 1.54) is 0 Å². The highest BCUT2D eigenvalue weighted by Gasteiger charge is 2.27. The predicted octanol–water partition coefficient (Wildman–Crippen LogP) is 8.52. The maximum atomic E-state index is 10.5. The predicted molar refractivity (Wildman–Crippen MR) is 162 cm³/mol. The van der Waals surface area contributed by atoms with E-state index in [1.807, 2.05) is 91.0 Å². The molecule has 0 saturated carbocycles. The maximum Gasteiger partial charge on any atom is 0.227 e. The van der Waals surface area contributed by atoms with Crippen LogP contribution in [-0.2, 0) is 0 Å². The van der Waals surface area contributed by atoms with Crippen molar-refractivity contribution in [3.63, 3.8) is 0 Å². The number of para-hydroxylation sites is 2. The summed E-state index contributed by atoms with van der Waals surface area (Å²) in [7, 11) is 0. The van der Waals surface area contributed by atoms with Gasteiger partial charge < -0.3 is 15.0 Å². The third-order valence-corrected chi connectivity index (χ3v) is 8.37. The van der Waals surface area contributed by atoms with E-state index in [-0.39, 0.29) is 0 Å². The minimum absolute atomic E-state index is 0.510. The van der Waals surface area contributed by atoms with E-state index in [2.05, 4.69) is 28.2 Å². The Labute approximate surface area is 238 Å². The normalized spacial score (nSPS) is 13.6. The SMILES string of the molecule is CC1CCN(c2sc(-c3ccnc(Nc4ccccc4)n3)c(-c3cccc(Oc4ccccc4)c3)c2C#N)CC1. The van der Waals surface area contributed by atoms with Gasteiger partial charge in [-0.15, -0.1) is 11.3 Å². The van der Waals surface area contributed by atoms with Gasteiger partial charge in [-0.25, -0.2) is 9.97 Å². The van der Waals surface area contributed by atoms with Gasteiger partial charge >= 0.3 is 0 Å². The quantitative estimate of drug-likeness (QED) is 0.222. The van der Waals surface area contributed by atoms with Crippen LogP contribution in [-0.4, -0.2) is 23.1 Å². The minimum atomic E-state index is 0.510. The molecule has 1 N–H and O–H groups in total. The van der Waals surface area contributed by atoms with Crippen molar-refractivity contribution in [2.45, 2.75) is 19.8 Å². The number of aromatic nitrogens is 2. The van der Waals surface area contributed by atoms with Gasteiger partial charge in [0.2, 0.25) is 5.95 Å². The van der Waals surface area contributed by atoms with Gasteiger partial charge in [0, 0.05) is 30.5 Å². The molecule has 2 aromatic heterocycles. The highest BCUT2D eigenvalue weighted by Crippen LogP contribution is 2.48. The molecule has 0 bridgehead atoms. The van der Waals surface area contributed by atoms with Gasteiger partial charge in [0.05, 0.1) is 16.1 Å². The van der Waals surface area contributed by atoms with Gasteiger partial charge in [0.1, 0.15) is 22.6 Å². The molecule has 6 rings (SSSR count). The Hall–Kier alpha value is -4.67. The van der Waals surface area contributed by atoms with Crippen molar-refractivity contribution in [3.05, 3.63) is 103 Å². The highest BCUT2D eigenvalue weighted by atomic mass is 32.1. The van der Waals surface area contributed by atoms with Gasteiger partial charge in [-0.1, -0.05) is 55.5 Å². The molecule has 7 heteroatoms. The van der Waals surface area contributed by atoms with Crippen LogP contribution in [0, 0.1) is 17.2 Å². The molecule has 0 unspecified atom stereocenters. The lowest BCUT2D eigenvalue weighted by Gasteiger charge is -2.31. The van der Waals surface area contributed by atoms with Crippen LogP contribution in [0.3, 0.4) is 0 Å². The molecule has 40 heavy (non-hydrogen) atoms. The monoisotopic (exact) mass is 543 g/mol. The topological polar surface area (TPSA) is 74.1 Å². The fourth-order valence-electron chi connectivity index (χ4n) is 4.95. The number of anilines is 3. The number of nitriles is 1. The number of benzene rings is 3. The van der Waals surface area contributed by atoms with Gasteiger partial charge in [-0.2, -0.15) is 5.26 Å². The zero-order valence-electron chi connectivity index (χ0n) is 22.2. The molecule has 6 nitrogen and oxygen atoms in total. The summed E-state index contributed by atoms with van der Waals surface area (Å²) in [6, 6.07) is 32.0. The molecular weight excluding hydrogens is 514 g/mol. The summed E-state index contributed by atoms with van der Waals surface area (Å²) in [6.07, 6.45) is 4.00. The van der Waals surface area contributed by atoms with Crippen molar-refractivity contribution in [2.24, 2.45) is 5.92 Å². The van der Waals surface area contributed by atoms with Crippen LogP contribution >= 0.6 is 11.3 Å². The second-order valence-electron chi connectivity index (χ2n) is 9.97. The van der Waals surface area contributed by atoms with Crippen molar-refractivity contribution in [2.75, 3.05) is 23.3 Å². The maximum absolute atomic E-state index is 10.5. The van der Waals surface area contributed by atoms with Crippen LogP contribution in [0.15, 0.2) is 97.2 Å². The summed E-state index contributed by atoms with van der Waals surface area (Å²) < 4.78 is 6.15. The number of piperidine rings is 1. The van der Waals surface area contributed by atoms with Gasteiger partial charge in [-0.05, 0) is 66.8 Å². The highest BCUT2D eigenvalue weighted by molar-refractivity contribution is 7.20. The summed E-state index contributed by atoms with van der Waals surface area (Å²) >= 11 is 1.64. The lowest BCUT2D eigenvalue weighted by molar-refractivity contribution is 0.439. The van der Waals surface area contributed by atoms with E-state index >= 15 is 0 Å².